The summed E-state index contributed by atoms with van der Waals surface area (Å²) in [5.41, 5.74) is 2.97. The number of benzene rings is 2. The number of carbonyl (C=O) groups excluding carboxylic acids is 1. The molecule has 3 rings (SSSR count). The Morgan fingerprint density at radius 3 is 2.42 bits per heavy atom. The van der Waals surface area contributed by atoms with E-state index in [1.807, 2.05) is 24.3 Å². The molecule has 3 aromatic rings. The normalized spacial score (nSPS) is 10.5. The fraction of sp³-hybridized carbons (Fsp3) is 0.211. The molecule has 2 N–H and O–H groups in total. The molecule has 1 aromatic heterocycles. The maximum absolute atomic E-state index is 12.9. The van der Waals surface area contributed by atoms with Crippen LogP contribution in [0.5, 0.6) is 0 Å². The number of aromatic nitrogens is 2. The molecule has 0 aliphatic heterocycles. The van der Waals surface area contributed by atoms with Gasteiger partial charge in [-0.1, -0.05) is 35.6 Å². The lowest BCUT2D eigenvalue weighted by atomic mass is 10.1. The lowest BCUT2D eigenvalue weighted by molar-refractivity contribution is -0.114. The Kier molecular flexibility index (Phi) is 5.91. The number of hydrogen-bond donors (Lipinski definition) is 2. The highest BCUT2D eigenvalue weighted by Crippen LogP contribution is 2.19. The third-order valence-electron chi connectivity index (χ3n) is 3.70. The van der Waals surface area contributed by atoms with Gasteiger partial charge in [-0.3, -0.25) is 4.79 Å². The number of halogens is 1. The summed E-state index contributed by atoms with van der Waals surface area (Å²) in [4.78, 5) is 11.0. The number of amides is 1. The van der Waals surface area contributed by atoms with E-state index in [1.54, 1.807) is 12.1 Å². The highest BCUT2D eigenvalue weighted by atomic mass is 32.1. The molecule has 0 unspecified atom stereocenters. The zero-order valence-corrected chi connectivity index (χ0v) is 15.1. The van der Waals surface area contributed by atoms with Crippen molar-refractivity contribution in [3.05, 3.63) is 70.5 Å². The van der Waals surface area contributed by atoms with Gasteiger partial charge in [-0.2, -0.15) is 0 Å². The lowest BCUT2D eigenvalue weighted by Gasteiger charge is -2.05. The Morgan fingerprint density at radius 2 is 1.73 bits per heavy atom. The van der Waals surface area contributed by atoms with E-state index in [1.165, 1.54) is 36.0 Å². The summed E-state index contributed by atoms with van der Waals surface area (Å²) in [6.45, 7) is 2.23. The summed E-state index contributed by atoms with van der Waals surface area (Å²) in [5.74, 6) is -0.314. The van der Waals surface area contributed by atoms with E-state index in [0.717, 1.165) is 34.4 Å². The second kappa shape index (κ2) is 8.53. The van der Waals surface area contributed by atoms with Gasteiger partial charge in [-0.15, -0.1) is 10.2 Å². The minimum Gasteiger partial charge on any atom is -0.360 e. The molecule has 2 aromatic carbocycles. The van der Waals surface area contributed by atoms with Crippen molar-refractivity contribution in [2.75, 3.05) is 17.2 Å². The smallest absolute Gasteiger partial charge is 0.221 e. The predicted molar refractivity (Wildman–Crippen MR) is 102 cm³/mol. The van der Waals surface area contributed by atoms with Gasteiger partial charge in [0.15, 0.2) is 0 Å². The van der Waals surface area contributed by atoms with Crippen LogP contribution in [0.4, 0.5) is 15.2 Å². The van der Waals surface area contributed by atoms with Crippen LogP contribution in [0.25, 0.3) is 0 Å². The molecule has 1 amide bonds. The van der Waals surface area contributed by atoms with Crippen molar-refractivity contribution >= 4 is 28.1 Å². The molecule has 5 nitrogen and oxygen atoms in total. The molecule has 0 saturated carbocycles. The summed E-state index contributed by atoms with van der Waals surface area (Å²) in [6, 6.07) is 14.2. The Hall–Kier alpha value is -2.80. The third kappa shape index (κ3) is 5.35. The van der Waals surface area contributed by atoms with Crippen LogP contribution in [0, 0.1) is 5.82 Å². The number of carbonyl (C=O) groups is 1. The maximum Gasteiger partial charge on any atom is 0.221 e. The molecule has 26 heavy (non-hydrogen) atoms. The van der Waals surface area contributed by atoms with E-state index < -0.39 is 0 Å². The maximum atomic E-state index is 12.9. The number of nitrogens with one attached hydrogen (secondary N) is 2. The average Bonchev–Trinajstić information content (AvgIpc) is 3.05. The second-order valence-electron chi connectivity index (χ2n) is 5.86. The van der Waals surface area contributed by atoms with Crippen molar-refractivity contribution in [1.82, 2.24) is 10.2 Å². The van der Waals surface area contributed by atoms with E-state index >= 15 is 0 Å². The van der Waals surface area contributed by atoms with Crippen LogP contribution in [-0.2, 0) is 17.6 Å². The Balaban J connectivity index is 1.47. The largest absolute Gasteiger partial charge is 0.360 e. The number of nitrogens with zero attached hydrogens (tertiary/aromatic N) is 2. The Bertz CT molecular complexity index is 862. The predicted octanol–water partition coefficient (Wildman–Crippen LogP) is 3.88. The van der Waals surface area contributed by atoms with Crippen LogP contribution >= 0.6 is 11.3 Å². The fourth-order valence-corrected chi connectivity index (χ4v) is 3.24. The molecule has 1 heterocycles. The minimum absolute atomic E-state index is 0.0767. The van der Waals surface area contributed by atoms with Gasteiger partial charge in [-0.05, 0) is 41.8 Å². The van der Waals surface area contributed by atoms with E-state index in [9.17, 15) is 9.18 Å². The molecule has 0 bridgehead atoms. The van der Waals surface area contributed by atoms with E-state index in [2.05, 4.69) is 20.8 Å². The summed E-state index contributed by atoms with van der Waals surface area (Å²) >= 11 is 1.50. The molecule has 0 aliphatic rings. The van der Waals surface area contributed by atoms with Gasteiger partial charge in [-0.25, -0.2) is 4.39 Å². The van der Waals surface area contributed by atoms with Crippen molar-refractivity contribution in [2.45, 2.75) is 19.8 Å². The van der Waals surface area contributed by atoms with Gasteiger partial charge in [0.25, 0.3) is 0 Å². The van der Waals surface area contributed by atoms with E-state index in [-0.39, 0.29) is 11.7 Å². The first-order valence-electron chi connectivity index (χ1n) is 8.26. The van der Waals surface area contributed by atoms with Crippen LogP contribution in [0.3, 0.4) is 0 Å². The average molecular weight is 370 g/mol. The zero-order chi connectivity index (χ0) is 18.4. The minimum atomic E-state index is -0.238. The zero-order valence-electron chi connectivity index (χ0n) is 14.3. The molecule has 0 aliphatic carbocycles. The highest BCUT2D eigenvalue weighted by Gasteiger charge is 2.05. The quantitative estimate of drug-likeness (QED) is 0.662. The summed E-state index contributed by atoms with van der Waals surface area (Å²) in [5, 5.41) is 16.0. The number of hydrogen-bond acceptors (Lipinski definition) is 5. The lowest BCUT2D eigenvalue weighted by Crippen LogP contribution is -2.06. The first kappa shape index (κ1) is 18.0. The Labute approximate surface area is 155 Å². The molecule has 0 atom stereocenters. The highest BCUT2D eigenvalue weighted by molar-refractivity contribution is 7.15. The summed E-state index contributed by atoms with van der Waals surface area (Å²) < 4.78 is 12.9. The van der Waals surface area contributed by atoms with Crippen molar-refractivity contribution in [2.24, 2.45) is 0 Å². The van der Waals surface area contributed by atoms with Gasteiger partial charge in [0.2, 0.25) is 11.0 Å². The van der Waals surface area contributed by atoms with Crippen LogP contribution in [0.2, 0.25) is 0 Å². The van der Waals surface area contributed by atoms with Crippen LogP contribution in [0.1, 0.15) is 23.1 Å². The van der Waals surface area contributed by atoms with Crippen LogP contribution < -0.4 is 10.6 Å². The molecule has 7 heteroatoms. The van der Waals surface area contributed by atoms with Gasteiger partial charge in [0, 0.05) is 25.6 Å². The molecular weight excluding hydrogens is 351 g/mol. The van der Waals surface area contributed by atoms with Crippen LogP contribution in [-0.4, -0.2) is 22.6 Å². The standard InChI is InChI=1S/C19H19FN4OS/c1-13(25)22-17-8-4-14(5-9-17)10-11-21-19-24-23-18(26-19)12-15-2-6-16(20)7-3-15/h2-9H,10-12H2,1H3,(H,21,24)(H,22,25). The van der Waals surface area contributed by atoms with Gasteiger partial charge < -0.3 is 10.6 Å². The monoisotopic (exact) mass is 370 g/mol. The second-order valence-corrected chi connectivity index (χ2v) is 6.92. The van der Waals surface area contributed by atoms with E-state index in [4.69, 9.17) is 0 Å². The molecule has 0 radical (unpaired) electrons. The molecular formula is C19H19FN4OS. The summed E-state index contributed by atoms with van der Waals surface area (Å²) in [6.07, 6.45) is 1.48. The topological polar surface area (TPSA) is 66.9 Å². The first-order chi connectivity index (χ1) is 12.6. The fourth-order valence-electron chi connectivity index (χ4n) is 2.45. The third-order valence-corrected chi connectivity index (χ3v) is 4.58. The van der Waals surface area contributed by atoms with E-state index in [0.29, 0.717) is 6.42 Å². The number of anilines is 2. The summed E-state index contributed by atoms with van der Waals surface area (Å²) in [7, 11) is 0. The molecule has 0 saturated heterocycles. The van der Waals surface area contributed by atoms with Gasteiger partial charge in [0.05, 0.1) is 0 Å². The molecule has 0 fully saturated rings. The number of rotatable bonds is 7. The first-order valence-corrected chi connectivity index (χ1v) is 9.07. The molecule has 134 valence electrons. The SMILES string of the molecule is CC(=O)Nc1ccc(CCNc2nnc(Cc3ccc(F)cc3)s2)cc1. The van der Waals surface area contributed by atoms with Crippen molar-refractivity contribution in [1.29, 1.82) is 0 Å². The van der Waals surface area contributed by atoms with Gasteiger partial charge in [0.1, 0.15) is 10.8 Å². The van der Waals surface area contributed by atoms with Crippen molar-refractivity contribution in [3.63, 3.8) is 0 Å². The van der Waals surface area contributed by atoms with Crippen molar-refractivity contribution < 1.29 is 9.18 Å². The Morgan fingerprint density at radius 1 is 1.04 bits per heavy atom. The van der Waals surface area contributed by atoms with Gasteiger partial charge >= 0.3 is 0 Å². The van der Waals surface area contributed by atoms with Crippen molar-refractivity contribution in [3.8, 4) is 0 Å². The van der Waals surface area contributed by atoms with Crippen LogP contribution in [0.15, 0.2) is 48.5 Å². The molecule has 0 spiro atoms.